The lowest BCUT2D eigenvalue weighted by Crippen LogP contribution is -2.34. The van der Waals surface area contributed by atoms with Gasteiger partial charge in [-0.3, -0.25) is 4.79 Å². The third kappa shape index (κ3) is 4.15. The Hall–Kier alpha value is -2.45. The van der Waals surface area contributed by atoms with E-state index in [0.29, 0.717) is 6.54 Å². The van der Waals surface area contributed by atoms with Crippen LogP contribution in [0, 0.1) is 22.9 Å². The standard InChI is InChI=1S/C16H18F3N5O/c17-12-6-11(7-13(18)15(12)19)21-14(25)8-16(4-2-1-3-5-16)9-24-10-20-22-23-24/h6-7,10H,1-5,8-9H2,(H,21,25). The highest BCUT2D eigenvalue weighted by atomic mass is 19.2. The monoisotopic (exact) mass is 353 g/mol. The molecule has 0 atom stereocenters. The fourth-order valence-corrected chi connectivity index (χ4v) is 3.46. The summed E-state index contributed by atoms with van der Waals surface area (Å²) in [6.07, 6.45) is 6.45. The molecular weight excluding hydrogens is 335 g/mol. The van der Waals surface area contributed by atoms with E-state index in [2.05, 4.69) is 20.8 Å². The van der Waals surface area contributed by atoms with Gasteiger partial charge in [-0.15, -0.1) is 5.10 Å². The number of nitrogens with zero attached hydrogens (tertiary/aromatic N) is 4. The van der Waals surface area contributed by atoms with Gasteiger partial charge in [0.25, 0.3) is 0 Å². The lowest BCUT2D eigenvalue weighted by Gasteiger charge is -2.36. The van der Waals surface area contributed by atoms with E-state index in [0.717, 1.165) is 44.2 Å². The van der Waals surface area contributed by atoms with Crippen molar-refractivity contribution < 1.29 is 18.0 Å². The molecule has 1 amide bonds. The molecule has 0 aliphatic heterocycles. The zero-order valence-electron chi connectivity index (χ0n) is 13.5. The first kappa shape index (κ1) is 17.4. The van der Waals surface area contributed by atoms with Crippen molar-refractivity contribution in [2.24, 2.45) is 5.41 Å². The number of nitrogens with one attached hydrogen (secondary N) is 1. The zero-order chi connectivity index (χ0) is 17.9. The summed E-state index contributed by atoms with van der Waals surface area (Å²) in [6, 6.07) is 1.54. The van der Waals surface area contributed by atoms with Gasteiger partial charge >= 0.3 is 0 Å². The van der Waals surface area contributed by atoms with Crippen LogP contribution in [0.5, 0.6) is 0 Å². The molecule has 2 aromatic rings. The molecule has 1 aromatic carbocycles. The van der Waals surface area contributed by atoms with Gasteiger partial charge in [-0.1, -0.05) is 19.3 Å². The Balaban J connectivity index is 1.72. The minimum atomic E-state index is -1.56. The van der Waals surface area contributed by atoms with E-state index in [9.17, 15) is 18.0 Å². The molecule has 1 aliphatic carbocycles. The fraction of sp³-hybridized carbons (Fsp3) is 0.500. The summed E-state index contributed by atoms with van der Waals surface area (Å²) in [4.78, 5) is 12.4. The lowest BCUT2D eigenvalue weighted by atomic mass is 9.71. The molecule has 0 spiro atoms. The van der Waals surface area contributed by atoms with Crippen LogP contribution < -0.4 is 5.32 Å². The van der Waals surface area contributed by atoms with Gasteiger partial charge in [-0.05, 0) is 28.7 Å². The van der Waals surface area contributed by atoms with Gasteiger partial charge in [0.15, 0.2) is 17.5 Å². The second kappa shape index (κ2) is 7.20. The highest BCUT2D eigenvalue weighted by Crippen LogP contribution is 2.41. The van der Waals surface area contributed by atoms with Gasteiger partial charge in [0.05, 0.1) is 6.54 Å². The molecule has 1 aliphatic rings. The molecule has 1 N–H and O–H groups in total. The predicted octanol–water partition coefficient (Wildman–Crippen LogP) is 3.07. The van der Waals surface area contributed by atoms with Gasteiger partial charge < -0.3 is 5.32 Å². The molecule has 0 bridgehead atoms. The van der Waals surface area contributed by atoms with E-state index in [4.69, 9.17) is 0 Å². The normalized spacial score (nSPS) is 16.6. The van der Waals surface area contributed by atoms with Crippen LogP contribution in [-0.4, -0.2) is 26.1 Å². The van der Waals surface area contributed by atoms with E-state index in [-0.39, 0.29) is 23.4 Å². The summed E-state index contributed by atoms with van der Waals surface area (Å²) in [5.41, 5.74) is -0.413. The number of hydrogen-bond acceptors (Lipinski definition) is 4. The van der Waals surface area contributed by atoms with Crippen LogP contribution in [0.1, 0.15) is 38.5 Å². The Bertz CT molecular complexity index is 721. The Kier molecular flexibility index (Phi) is 5.00. The molecule has 0 saturated heterocycles. The second-order valence-corrected chi connectivity index (χ2v) is 6.55. The number of tetrazole rings is 1. The summed E-state index contributed by atoms with van der Waals surface area (Å²) in [7, 11) is 0. The number of anilines is 1. The number of benzene rings is 1. The van der Waals surface area contributed by atoms with Gasteiger partial charge in [-0.25, -0.2) is 17.9 Å². The average molecular weight is 353 g/mol. The third-order valence-electron chi connectivity index (χ3n) is 4.61. The Morgan fingerprint density at radius 3 is 2.44 bits per heavy atom. The minimum Gasteiger partial charge on any atom is -0.326 e. The quantitative estimate of drug-likeness (QED) is 0.839. The molecule has 3 rings (SSSR count). The molecule has 0 radical (unpaired) electrons. The fourth-order valence-electron chi connectivity index (χ4n) is 3.46. The van der Waals surface area contributed by atoms with E-state index < -0.39 is 17.5 Å². The largest absolute Gasteiger partial charge is 0.326 e. The highest BCUT2D eigenvalue weighted by molar-refractivity contribution is 5.91. The van der Waals surface area contributed by atoms with Crippen molar-refractivity contribution in [1.29, 1.82) is 0 Å². The van der Waals surface area contributed by atoms with Crippen molar-refractivity contribution in [3.05, 3.63) is 35.9 Å². The smallest absolute Gasteiger partial charge is 0.225 e. The maximum absolute atomic E-state index is 13.3. The SMILES string of the molecule is O=C(CC1(Cn2cnnn2)CCCCC1)Nc1cc(F)c(F)c(F)c1. The number of rotatable bonds is 5. The molecule has 1 aromatic heterocycles. The van der Waals surface area contributed by atoms with Crippen LogP contribution in [-0.2, 0) is 11.3 Å². The average Bonchev–Trinajstić information content (AvgIpc) is 3.05. The van der Waals surface area contributed by atoms with Crippen LogP contribution >= 0.6 is 0 Å². The first-order chi connectivity index (χ1) is 12.0. The molecule has 0 unspecified atom stereocenters. The molecule has 9 heteroatoms. The van der Waals surface area contributed by atoms with Crippen LogP contribution in [0.15, 0.2) is 18.5 Å². The van der Waals surface area contributed by atoms with Crippen molar-refractivity contribution in [2.45, 2.75) is 45.1 Å². The van der Waals surface area contributed by atoms with E-state index in [1.807, 2.05) is 0 Å². The molecule has 1 heterocycles. The first-order valence-corrected chi connectivity index (χ1v) is 8.13. The Labute approximate surface area is 142 Å². The molecule has 1 saturated carbocycles. The number of aromatic nitrogens is 4. The van der Waals surface area contributed by atoms with Crippen LogP contribution in [0.25, 0.3) is 0 Å². The predicted molar refractivity (Wildman–Crippen MR) is 82.9 cm³/mol. The van der Waals surface area contributed by atoms with Gasteiger partial charge in [0.1, 0.15) is 6.33 Å². The van der Waals surface area contributed by atoms with Gasteiger partial charge in [0, 0.05) is 24.2 Å². The zero-order valence-corrected chi connectivity index (χ0v) is 13.5. The van der Waals surface area contributed by atoms with E-state index in [1.165, 1.54) is 6.33 Å². The number of amides is 1. The van der Waals surface area contributed by atoms with Crippen molar-refractivity contribution in [3.8, 4) is 0 Å². The van der Waals surface area contributed by atoms with Crippen molar-refractivity contribution in [1.82, 2.24) is 20.2 Å². The molecule has 1 fully saturated rings. The molecule has 25 heavy (non-hydrogen) atoms. The number of carbonyl (C=O) groups is 1. The molecule has 134 valence electrons. The van der Waals surface area contributed by atoms with Crippen molar-refractivity contribution in [2.75, 3.05) is 5.32 Å². The van der Waals surface area contributed by atoms with Crippen molar-refractivity contribution >= 4 is 11.6 Å². The number of hydrogen-bond donors (Lipinski definition) is 1. The van der Waals surface area contributed by atoms with Gasteiger partial charge in [-0.2, -0.15) is 0 Å². The number of carbonyl (C=O) groups excluding carboxylic acids is 1. The minimum absolute atomic E-state index is 0.102. The van der Waals surface area contributed by atoms with E-state index in [1.54, 1.807) is 4.68 Å². The second-order valence-electron chi connectivity index (χ2n) is 6.55. The van der Waals surface area contributed by atoms with E-state index >= 15 is 0 Å². The van der Waals surface area contributed by atoms with Crippen LogP contribution in [0.2, 0.25) is 0 Å². The van der Waals surface area contributed by atoms with Crippen LogP contribution in [0.4, 0.5) is 18.9 Å². The van der Waals surface area contributed by atoms with Crippen LogP contribution in [0.3, 0.4) is 0 Å². The summed E-state index contributed by atoms with van der Waals surface area (Å²) < 4.78 is 41.2. The summed E-state index contributed by atoms with van der Waals surface area (Å²) in [5.74, 6) is -4.60. The summed E-state index contributed by atoms with van der Waals surface area (Å²) in [6.45, 7) is 0.500. The summed E-state index contributed by atoms with van der Waals surface area (Å²) in [5, 5.41) is 13.5. The molecule has 6 nitrogen and oxygen atoms in total. The summed E-state index contributed by atoms with van der Waals surface area (Å²) >= 11 is 0. The maximum Gasteiger partial charge on any atom is 0.225 e. The lowest BCUT2D eigenvalue weighted by molar-refractivity contribution is -0.119. The van der Waals surface area contributed by atoms with Crippen molar-refractivity contribution in [3.63, 3.8) is 0 Å². The molecular formula is C16H18F3N5O. The van der Waals surface area contributed by atoms with Gasteiger partial charge in [0.2, 0.25) is 5.91 Å². The topological polar surface area (TPSA) is 72.7 Å². The third-order valence-corrected chi connectivity index (χ3v) is 4.61. The number of halogens is 3. The first-order valence-electron chi connectivity index (χ1n) is 8.13. The maximum atomic E-state index is 13.3. The Morgan fingerprint density at radius 2 is 1.84 bits per heavy atom. The Morgan fingerprint density at radius 1 is 1.16 bits per heavy atom. The highest BCUT2D eigenvalue weighted by Gasteiger charge is 2.35.